The number of aryl methyl sites for hydroxylation is 1. The minimum Gasteiger partial charge on any atom is -0.401 e. The normalized spacial score (nSPS) is 12.3. The van der Waals surface area contributed by atoms with Gasteiger partial charge in [-0.05, 0) is 38.5 Å². The first-order chi connectivity index (χ1) is 11.6. The third kappa shape index (κ3) is 3.13. The molecule has 0 unspecified atom stereocenters. The lowest BCUT2D eigenvalue weighted by molar-refractivity contribution is -0.141. The maximum atomic E-state index is 13.0. The first kappa shape index (κ1) is 17.5. The molecule has 0 radical (unpaired) electrons. The predicted molar refractivity (Wildman–Crippen MR) is 86.6 cm³/mol. The van der Waals surface area contributed by atoms with Gasteiger partial charge in [0, 0.05) is 17.1 Å². The maximum Gasteiger partial charge on any atom is 0.435 e. The van der Waals surface area contributed by atoms with E-state index in [4.69, 9.17) is 16.0 Å². The van der Waals surface area contributed by atoms with Gasteiger partial charge in [0.05, 0.1) is 10.9 Å². The van der Waals surface area contributed by atoms with Gasteiger partial charge >= 0.3 is 11.8 Å². The van der Waals surface area contributed by atoms with Gasteiger partial charge < -0.3 is 4.42 Å². The lowest BCUT2D eigenvalue weighted by atomic mass is 10.1. The fourth-order valence-corrected chi connectivity index (χ4v) is 2.78. The fraction of sp³-hybridized carbons (Fsp3) is 0.312. The van der Waals surface area contributed by atoms with Crippen LogP contribution in [0.15, 0.2) is 27.4 Å². The van der Waals surface area contributed by atoms with Crippen LogP contribution in [0, 0.1) is 6.92 Å². The van der Waals surface area contributed by atoms with Crippen LogP contribution in [0.2, 0.25) is 5.02 Å². The van der Waals surface area contributed by atoms with Crippen molar-refractivity contribution in [2.24, 2.45) is 0 Å². The monoisotopic (exact) mass is 371 g/mol. The highest BCUT2D eigenvalue weighted by Gasteiger charge is 2.36. The third-order valence-corrected chi connectivity index (χ3v) is 3.84. The summed E-state index contributed by atoms with van der Waals surface area (Å²) in [7, 11) is 0. The molecule has 0 saturated heterocycles. The minimum atomic E-state index is -4.62. The topological polar surface area (TPSA) is 60.9 Å². The smallest absolute Gasteiger partial charge is 0.401 e. The molecule has 0 bridgehead atoms. The first-order valence-corrected chi connectivity index (χ1v) is 7.74. The van der Waals surface area contributed by atoms with Crippen LogP contribution in [0.3, 0.4) is 0 Å². The van der Waals surface area contributed by atoms with Crippen LogP contribution < -0.4 is 5.63 Å². The van der Waals surface area contributed by atoms with Gasteiger partial charge in [-0.3, -0.25) is 4.68 Å². The van der Waals surface area contributed by atoms with Gasteiger partial charge in [-0.15, -0.1) is 0 Å². The average molecular weight is 372 g/mol. The zero-order valence-electron chi connectivity index (χ0n) is 13.5. The molecule has 0 fully saturated rings. The van der Waals surface area contributed by atoms with Crippen LogP contribution in [0.1, 0.15) is 31.1 Å². The van der Waals surface area contributed by atoms with Gasteiger partial charge in [0.1, 0.15) is 5.69 Å². The van der Waals surface area contributed by atoms with Crippen molar-refractivity contribution in [3.8, 4) is 11.6 Å². The Kier molecular flexibility index (Phi) is 4.10. The number of hydrogen-bond donors (Lipinski definition) is 0. The van der Waals surface area contributed by atoms with Gasteiger partial charge in [-0.25, -0.2) is 9.78 Å². The maximum absolute atomic E-state index is 13.0. The minimum absolute atomic E-state index is 0.0179. The number of alkyl halides is 3. The molecule has 0 atom stereocenters. The summed E-state index contributed by atoms with van der Waals surface area (Å²) in [5, 5.41) is 4.08. The summed E-state index contributed by atoms with van der Waals surface area (Å²) < 4.78 is 45.3. The van der Waals surface area contributed by atoms with Gasteiger partial charge in [0.25, 0.3) is 0 Å². The Morgan fingerprint density at radius 3 is 2.52 bits per heavy atom. The molecule has 2 aromatic heterocycles. The molecule has 0 aliphatic carbocycles. The van der Waals surface area contributed by atoms with Gasteiger partial charge in [-0.1, -0.05) is 11.6 Å². The van der Waals surface area contributed by atoms with Crippen LogP contribution in [-0.4, -0.2) is 14.8 Å². The number of rotatable bonds is 2. The molecule has 0 amide bonds. The van der Waals surface area contributed by atoms with E-state index in [9.17, 15) is 18.0 Å². The Balaban J connectivity index is 2.30. The summed E-state index contributed by atoms with van der Waals surface area (Å²) in [6.45, 7) is 5.03. The van der Waals surface area contributed by atoms with Crippen LogP contribution in [0.5, 0.6) is 0 Å². The number of halogens is 4. The number of aromatic nitrogens is 3. The summed E-state index contributed by atoms with van der Waals surface area (Å²) in [6.07, 6.45) is -4.62. The Morgan fingerprint density at radius 1 is 1.24 bits per heavy atom. The molecule has 25 heavy (non-hydrogen) atoms. The standard InChI is InChI=1S/C16H13ClF3N3O2/c1-7(2)23-11(6-12(22-23)16(18,19)20)14-21-13-8(3)4-9(17)5-10(13)15(24)25-14/h4-7H,1-3H3. The molecule has 3 rings (SSSR count). The molecule has 0 spiro atoms. The molecular formula is C16H13ClF3N3O2. The quantitative estimate of drug-likeness (QED) is 0.659. The SMILES string of the molecule is Cc1cc(Cl)cc2c(=O)oc(-c3cc(C(F)(F)F)nn3C(C)C)nc12. The second kappa shape index (κ2) is 5.87. The van der Waals surface area contributed by atoms with Crippen molar-refractivity contribution in [1.29, 1.82) is 0 Å². The van der Waals surface area contributed by atoms with Crippen LogP contribution >= 0.6 is 11.6 Å². The van der Waals surface area contributed by atoms with Crippen molar-refractivity contribution < 1.29 is 17.6 Å². The van der Waals surface area contributed by atoms with Crippen LogP contribution in [0.4, 0.5) is 13.2 Å². The molecule has 0 N–H and O–H groups in total. The Hall–Kier alpha value is -2.35. The molecule has 0 aliphatic rings. The van der Waals surface area contributed by atoms with E-state index in [1.54, 1.807) is 26.8 Å². The second-order valence-electron chi connectivity index (χ2n) is 5.88. The highest BCUT2D eigenvalue weighted by Crippen LogP contribution is 2.33. The largest absolute Gasteiger partial charge is 0.435 e. The van der Waals surface area contributed by atoms with Gasteiger partial charge in [0.15, 0.2) is 5.69 Å². The van der Waals surface area contributed by atoms with Crippen LogP contribution in [-0.2, 0) is 6.18 Å². The van der Waals surface area contributed by atoms with Gasteiger partial charge in [-0.2, -0.15) is 18.3 Å². The average Bonchev–Trinajstić information content (AvgIpc) is 2.93. The molecule has 0 aliphatic heterocycles. The summed E-state index contributed by atoms with van der Waals surface area (Å²) in [5.41, 5.74) is -0.885. The number of hydrogen-bond acceptors (Lipinski definition) is 4. The number of nitrogens with zero attached hydrogens (tertiary/aromatic N) is 3. The van der Waals surface area contributed by atoms with E-state index in [-0.39, 0.29) is 23.0 Å². The van der Waals surface area contributed by atoms with Crippen molar-refractivity contribution in [2.45, 2.75) is 33.0 Å². The van der Waals surface area contributed by atoms with Gasteiger partial charge in [0.2, 0.25) is 5.89 Å². The summed E-state index contributed by atoms with van der Waals surface area (Å²) >= 11 is 5.93. The van der Waals surface area contributed by atoms with E-state index in [2.05, 4.69) is 10.1 Å². The Morgan fingerprint density at radius 2 is 1.92 bits per heavy atom. The van der Waals surface area contributed by atoms with Crippen LogP contribution in [0.25, 0.3) is 22.5 Å². The predicted octanol–water partition coefficient (Wildman–Crippen LogP) is 4.61. The molecule has 1 aromatic carbocycles. The molecular weight excluding hydrogens is 359 g/mol. The van der Waals surface area contributed by atoms with E-state index in [0.717, 1.165) is 10.7 Å². The molecule has 9 heteroatoms. The molecule has 0 saturated carbocycles. The van der Waals surface area contributed by atoms with Crippen molar-refractivity contribution in [1.82, 2.24) is 14.8 Å². The van der Waals surface area contributed by atoms with E-state index < -0.39 is 17.5 Å². The molecule has 5 nitrogen and oxygen atoms in total. The van der Waals surface area contributed by atoms with E-state index in [1.807, 2.05) is 0 Å². The fourth-order valence-electron chi connectivity index (χ4n) is 2.50. The highest BCUT2D eigenvalue weighted by molar-refractivity contribution is 6.31. The zero-order chi connectivity index (χ0) is 18.5. The van der Waals surface area contributed by atoms with Crippen molar-refractivity contribution >= 4 is 22.5 Å². The first-order valence-electron chi connectivity index (χ1n) is 7.36. The van der Waals surface area contributed by atoms with E-state index >= 15 is 0 Å². The lowest BCUT2D eigenvalue weighted by Gasteiger charge is -2.10. The Labute approximate surface area is 145 Å². The third-order valence-electron chi connectivity index (χ3n) is 3.62. The summed E-state index contributed by atoms with van der Waals surface area (Å²) in [4.78, 5) is 16.5. The highest BCUT2D eigenvalue weighted by atomic mass is 35.5. The zero-order valence-corrected chi connectivity index (χ0v) is 14.2. The number of benzene rings is 1. The molecule has 3 aromatic rings. The second-order valence-corrected chi connectivity index (χ2v) is 6.31. The summed E-state index contributed by atoms with van der Waals surface area (Å²) in [5.74, 6) is -0.223. The Bertz CT molecular complexity index is 1020. The van der Waals surface area contributed by atoms with E-state index in [1.165, 1.54) is 6.07 Å². The number of fused-ring (bicyclic) bond motifs is 1. The molecule has 2 heterocycles. The lowest BCUT2D eigenvalue weighted by Crippen LogP contribution is -2.10. The van der Waals surface area contributed by atoms with Crippen molar-refractivity contribution in [3.05, 3.63) is 44.9 Å². The summed E-state index contributed by atoms with van der Waals surface area (Å²) in [6, 6.07) is 3.46. The molecule has 132 valence electrons. The van der Waals surface area contributed by atoms with E-state index in [0.29, 0.717) is 16.1 Å². The van der Waals surface area contributed by atoms with Crippen molar-refractivity contribution in [3.63, 3.8) is 0 Å². The van der Waals surface area contributed by atoms with Crippen molar-refractivity contribution in [2.75, 3.05) is 0 Å².